The van der Waals surface area contributed by atoms with Crippen LogP contribution in [-0.2, 0) is 0 Å². The molecule has 0 saturated carbocycles. The summed E-state index contributed by atoms with van der Waals surface area (Å²) >= 11 is 0. The molecule has 0 aliphatic carbocycles. The van der Waals surface area contributed by atoms with Gasteiger partial charge in [-0.1, -0.05) is 0 Å². The van der Waals surface area contributed by atoms with Crippen LogP contribution >= 0.6 is 0 Å². The van der Waals surface area contributed by atoms with Crippen LogP contribution in [0.2, 0.25) is 0 Å². The molecule has 9 heteroatoms. The van der Waals surface area contributed by atoms with Gasteiger partial charge < -0.3 is 25.8 Å². The Morgan fingerprint density at radius 1 is 1.07 bits per heavy atom. The molecule has 2 aromatic carbocycles. The first-order valence-corrected chi connectivity index (χ1v) is 7.81. The molecular weight excluding hydrogens is 353 g/mol. The molecule has 0 fully saturated rings. The van der Waals surface area contributed by atoms with E-state index in [0.29, 0.717) is 17.2 Å². The topological polar surface area (TPSA) is 111 Å². The number of urea groups is 1. The number of nitrogens with two attached hydrogens (primary N) is 1. The van der Waals surface area contributed by atoms with Gasteiger partial charge in [0.25, 0.3) is 0 Å². The van der Waals surface area contributed by atoms with Crippen molar-refractivity contribution >= 4 is 23.4 Å². The van der Waals surface area contributed by atoms with Gasteiger partial charge in [-0.25, -0.2) is 14.2 Å². The van der Waals surface area contributed by atoms with Crippen LogP contribution in [0.3, 0.4) is 0 Å². The largest absolute Gasteiger partial charge is 0.497 e. The van der Waals surface area contributed by atoms with Gasteiger partial charge in [0, 0.05) is 5.69 Å². The molecule has 0 radical (unpaired) electrons. The molecule has 27 heavy (non-hydrogen) atoms. The van der Waals surface area contributed by atoms with Gasteiger partial charge in [0.1, 0.15) is 23.0 Å². The van der Waals surface area contributed by atoms with Crippen LogP contribution < -0.4 is 25.8 Å². The lowest BCUT2D eigenvalue weighted by atomic mass is 10.3. The zero-order valence-electron chi connectivity index (χ0n) is 14.3. The van der Waals surface area contributed by atoms with Crippen molar-refractivity contribution in [2.45, 2.75) is 0 Å². The van der Waals surface area contributed by atoms with Gasteiger partial charge in [-0.05, 0) is 48.5 Å². The summed E-state index contributed by atoms with van der Waals surface area (Å²) in [5.41, 5.74) is 5.95. The van der Waals surface area contributed by atoms with E-state index in [-0.39, 0.29) is 23.3 Å². The number of aromatic nitrogens is 2. The summed E-state index contributed by atoms with van der Waals surface area (Å²) < 4.78 is 23.8. The average molecular weight is 369 g/mol. The van der Waals surface area contributed by atoms with Gasteiger partial charge >= 0.3 is 6.03 Å². The Labute approximate surface area is 154 Å². The van der Waals surface area contributed by atoms with E-state index < -0.39 is 6.03 Å². The molecule has 0 saturated heterocycles. The van der Waals surface area contributed by atoms with E-state index in [1.807, 2.05) is 0 Å². The Bertz CT molecular complexity index is 933. The second-order valence-corrected chi connectivity index (χ2v) is 5.31. The first kappa shape index (κ1) is 17.9. The Kier molecular flexibility index (Phi) is 5.31. The van der Waals surface area contributed by atoms with Crippen LogP contribution in [0.25, 0.3) is 0 Å². The van der Waals surface area contributed by atoms with Crippen LogP contribution in [0.15, 0.2) is 54.7 Å². The molecule has 0 unspecified atom stereocenters. The van der Waals surface area contributed by atoms with Gasteiger partial charge in [0.2, 0.25) is 11.8 Å². The van der Waals surface area contributed by atoms with Crippen molar-refractivity contribution in [2.24, 2.45) is 5.73 Å². The molecule has 1 heterocycles. The number of amides is 2. The second kappa shape index (κ2) is 8.00. The number of primary amides is 1. The summed E-state index contributed by atoms with van der Waals surface area (Å²) in [5, 5.41) is 5.32. The molecule has 3 rings (SSSR count). The average Bonchev–Trinajstić information content (AvgIpc) is 2.66. The van der Waals surface area contributed by atoms with E-state index in [1.165, 1.54) is 30.5 Å². The Hall–Kier alpha value is -3.88. The molecule has 0 aliphatic heterocycles. The standard InChI is InChI=1S/C18H16FN5O3/c1-26-13-6-8-14(9-7-13)27-16-15(23-17(20)25)10-21-18(24-16)22-12-4-2-11(19)3-5-12/h2-10H,1H3,(H3,20,23,25)(H,21,22,24). The Morgan fingerprint density at radius 3 is 2.37 bits per heavy atom. The van der Waals surface area contributed by atoms with Crippen molar-refractivity contribution in [3.8, 4) is 17.4 Å². The number of benzene rings is 2. The number of nitrogens with zero attached hydrogens (tertiary/aromatic N) is 2. The maximum Gasteiger partial charge on any atom is 0.316 e. The summed E-state index contributed by atoms with van der Waals surface area (Å²) in [5.74, 6) is 1.05. The van der Waals surface area contributed by atoms with Crippen LogP contribution in [-0.4, -0.2) is 23.1 Å². The molecule has 1 aromatic heterocycles. The number of methoxy groups -OCH3 is 1. The van der Waals surface area contributed by atoms with E-state index >= 15 is 0 Å². The SMILES string of the molecule is COc1ccc(Oc2nc(Nc3ccc(F)cc3)ncc2NC(N)=O)cc1. The van der Waals surface area contributed by atoms with Gasteiger partial charge in [-0.2, -0.15) is 4.98 Å². The smallest absolute Gasteiger partial charge is 0.316 e. The quantitative estimate of drug-likeness (QED) is 0.611. The lowest BCUT2D eigenvalue weighted by molar-refractivity contribution is 0.259. The van der Waals surface area contributed by atoms with Gasteiger partial charge in [0.15, 0.2) is 0 Å². The number of hydrogen-bond donors (Lipinski definition) is 3. The molecule has 0 spiro atoms. The number of carbonyl (C=O) groups is 1. The molecule has 4 N–H and O–H groups in total. The second-order valence-electron chi connectivity index (χ2n) is 5.31. The fourth-order valence-corrected chi connectivity index (χ4v) is 2.14. The molecule has 3 aromatic rings. The highest BCUT2D eigenvalue weighted by Gasteiger charge is 2.12. The number of ether oxygens (including phenoxy) is 2. The van der Waals surface area contributed by atoms with Crippen molar-refractivity contribution in [3.63, 3.8) is 0 Å². The molecule has 2 amide bonds. The first-order chi connectivity index (χ1) is 13.0. The molecule has 138 valence electrons. The zero-order valence-corrected chi connectivity index (χ0v) is 14.3. The highest BCUT2D eigenvalue weighted by Crippen LogP contribution is 2.29. The number of nitrogens with one attached hydrogen (secondary N) is 2. The van der Waals surface area contributed by atoms with E-state index in [1.54, 1.807) is 31.4 Å². The third kappa shape index (κ3) is 4.82. The summed E-state index contributed by atoms with van der Waals surface area (Å²) in [6, 6.07) is 11.7. The lowest BCUT2D eigenvalue weighted by Gasteiger charge is -2.12. The number of rotatable bonds is 6. The number of halogens is 1. The maximum absolute atomic E-state index is 13.0. The van der Waals surface area contributed by atoms with Crippen molar-refractivity contribution in [1.29, 1.82) is 0 Å². The number of carbonyl (C=O) groups excluding carboxylic acids is 1. The van der Waals surface area contributed by atoms with E-state index in [9.17, 15) is 9.18 Å². The minimum Gasteiger partial charge on any atom is -0.497 e. The summed E-state index contributed by atoms with van der Waals surface area (Å²) in [6.07, 6.45) is 1.35. The number of anilines is 3. The van der Waals surface area contributed by atoms with Crippen molar-refractivity contribution in [3.05, 3.63) is 60.5 Å². The predicted octanol–water partition coefficient (Wildman–Crippen LogP) is 3.65. The Morgan fingerprint density at radius 2 is 1.74 bits per heavy atom. The third-order valence-electron chi connectivity index (χ3n) is 3.39. The van der Waals surface area contributed by atoms with Crippen LogP contribution in [0.4, 0.5) is 26.5 Å². The monoisotopic (exact) mass is 369 g/mol. The zero-order chi connectivity index (χ0) is 19.2. The summed E-state index contributed by atoms with van der Waals surface area (Å²) in [7, 11) is 1.56. The first-order valence-electron chi connectivity index (χ1n) is 7.81. The molecule has 0 atom stereocenters. The van der Waals surface area contributed by atoms with Crippen molar-refractivity contribution in [1.82, 2.24) is 9.97 Å². The van der Waals surface area contributed by atoms with Crippen LogP contribution in [0.1, 0.15) is 0 Å². The lowest BCUT2D eigenvalue weighted by Crippen LogP contribution is -2.20. The maximum atomic E-state index is 13.0. The molecule has 0 aliphatic rings. The van der Waals surface area contributed by atoms with Gasteiger partial charge in [-0.3, -0.25) is 0 Å². The van der Waals surface area contributed by atoms with Crippen molar-refractivity contribution in [2.75, 3.05) is 17.7 Å². The highest BCUT2D eigenvalue weighted by atomic mass is 19.1. The minimum atomic E-state index is -0.780. The fraction of sp³-hybridized carbons (Fsp3) is 0.0556. The van der Waals surface area contributed by atoms with Crippen LogP contribution in [0, 0.1) is 5.82 Å². The molecule has 8 nitrogen and oxygen atoms in total. The fourth-order valence-electron chi connectivity index (χ4n) is 2.14. The molecule has 0 bridgehead atoms. The molecular formula is C18H16FN5O3. The highest BCUT2D eigenvalue weighted by molar-refractivity contribution is 5.89. The Balaban J connectivity index is 1.87. The normalized spacial score (nSPS) is 10.1. The third-order valence-corrected chi connectivity index (χ3v) is 3.39. The van der Waals surface area contributed by atoms with Crippen molar-refractivity contribution < 1.29 is 18.7 Å². The van der Waals surface area contributed by atoms with Gasteiger partial charge in [0.05, 0.1) is 13.3 Å². The minimum absolute atomic E-state index is 0.0820. The summed E-state index contributed by atoms with van der Waals surface area (Å²) in [6.45, 7) is 0. The predicted molar refractivity (Wildman–Crippen MR) is 98.0 cm³/mol. The number of hydrogen-bond acceptors (Lipinski definition) is 6. The van der Waals surface area contributed by atoms with E-state index in [0.717, 1.165) is 0 Å². The summed E-state index contributed by atoms with van der Waals surface area (Å²) in [4.78, 5) is 19.5. The van der Waals surface area contributed by atoms with Gasteiger partial charge in [-0.15, -0.1) is 0 Å². The van der Waals surface area contributed by atoms with Crippen LogP contribution in [0.5, 0.6) is 17.4 Å². The van der Waals surface area contributed by atoms with E-state index in [4.69, 9.17) is 15.2 Å². The van der Waals surface area contributed by atoms with E-state index in [2.05, 4.69) is 20.6 Å².